The Balaban J connectivity index is 1.82. The van der Waals surface area contributed by atoms with Crippen molar-refractivity contribution in [1.82, 2.24) is 5.32 Å². The Morgan fingerprint density at radius 3 is 2.54 bits per heavy atom. The van der Waals surface area contributed by atoms with Gasteiger partial charge in [0.15, 0.2) is 5.11 Å². The van der Waals surface area contributed by atoms with Crippen molar-refractivity contribution in [3.8, 4) is 5.75 Å². The summed E-state index contributed by atoms with van der Waals surface area (Å²) >= 11 is 5.24. The van der Waals surface area contributed by atoms with Crippen LogP contribution < -0.4 is 20.5 Å². The summed E-state index contributed by atoms with van der Waals surface area (Å²) in [4.78, 5) is 0.106. The standard InChI is InChI=1S/C16H19N3O3S2/c1-22-14-4-2-3-13(11-14)19-16(23)18-10-9-12-5-7-15(8-6-12)24(17,20)21/h2-8,11H,9-10H2,1H3,(H2,17,20,21)(H2,18,19,23). The fraction of sp³-hybridized carbons (Fsp3) is 0.188. The predicted octanol–water partition coefficient (Wildman–Crippen LogP) is 1.87. The van der Waals surface area contributed by atoms with Gasteiger partial charge >= 0.3 is 0 Å². The van der Waals surface area contributed by atoms with E-state index in [0.717, 1.165) is 17.0 Å². The Morgan fingerprint density at radius 1 is 1.21 bits per heavy atom. The fourth-order valence-corrected chi connectivity index (χ4v) is 2.78. The van der Waals surface area contributed by atoms with Gasteiger partial charge in [-0.25, -0.2) is 13.6 Å². The Hall–Kier alpha value is -2.16. The Bertz CT molecular complexity index is 806. The number of ether oxygens (including phenoxy) is 1. The van der Waals surface area contributed by atoms with Gasteiger partial charge in [-0.3, -0.25) is 0 Å². The molecule has 0 aromatic heterocycles. The number of hydrogen-bond acceptors (Lipinski definition) is 4. The Morgan fingerprint density at radius 2 is 1.92 bits per heavy atom. The van der Waals surface area contributed by atoms with Crippen LogP contribution in [0.5, 0.6) is 5.75 Å². The third-order valence-electron chi connectivity index (χ3n) is 3.28. The van der Waals surface area contributed by atoms with E-state index in [9.17, 15) is 8.42 Å². The molecule has 24 heavy (non-hydrogen) atoms. The largest absolute Gasteiger partial charge is 0.497 e. The number of primary sulfonamides is 1. The monoisotopic (exact) mass is 365 g/mol. The van der Waals surface area contributed by atoms with Gasteiger partial charge in [-0.05, 0) is 48.5 Å². The minimum Gasteiger partial charge on any atom is -0.497 e. The van der Waals surface area contributed by atoms with Gasteiger partial charge in [0.25, 0.3) is 0 Å². The maximum absolute atomic E-state index is 11.2. The van der Waals surface area contributed by atoms with E-state index in [4.69, 9.17) is 22.1 Å². The van der Waals surface area contributed by atoms with Gasteiger partial charge in [-0.1, -0.05) is 18.2 Å². The molecule has 0 aliphatic carbocycles. The summed E-state index contributed by atoms with van der Waals surface area (Å²) in [6.45, 7) is 0.616. The topological polar surface area (TPSA) is 93.4 Å². The average Bonchev–Trinajstić information content (AvgIpc) is 2.54. The highest BCUT2D eigenvalue weighted by Gasteiger charge is 2.06. The number of sulfonamides is 1. The third-order valence-corrected chi connectivity index (χ3v) is 4.45. The average molecular weight is 365 g/mol. The second-order valence-corrected chi connectivity index (χ2v) is 7.02. The van der Waals surface area contributed by atoms with Crippen LogP contribution in [0.2, 0.25) is 0 Å². The summed E-state index contributed by atoms with van der Waals surface area (Å²) in [6, 6.07) is 13.9. The number of rotatable bonds is 6. The van der Waals surface area contributed by atoms with Crippen LogP contribution in [-0.4, -0.2) is 27.2 Å². The Kier molecular flexibility index (Phi) is 6.13. The van der Waals surface area contributed by atoms with E-state index < -0.39 is 10.0 Å². The molecule has 0 unspecified atom stereocenters. The van der Waals surface area contributed by atoms with Crippen molar-refractivity contribution < 1.29 is 13.2 Å². The van der Waals surface area contributed by atoms with Gasteiger partial charge in [0.2, 0.25) is 10.0 Å². The molecule has 0 amide bonds. The summed E-state index contributed by atoms with van der Waals surface area (Å²) < 4.78 is 27.5. The lowest BCUT2D eigenvalue weighted by atomic mass is 10.1. The van der Waals surface area contributed by atoms with Crippen molar-refractivity contribution in [2.75, 3.05) is 19.0 Å². The minimum atomic E-state index is -3.65. The van der Waals surface area contributed by atoms with Crippen LogP contribution in [0, 0.1) is 0 Å². The van der Waals surface area contributed by atoms with E-state index in [1.165, 1.54) is 12.1 Å². The number of anilines is 1. The molecule has 0 atom stereocenters. The molecule has 8 heteroatoms. The highest BCUT2D eigenvalue weighted by molar-refractivity contribution is 7.89. The zero-order chi connectivity index (χ0) is 17.6. The molecule has 0 fully saturated rings. The van der Waals surface area contributed by atoms with E-state index in [0.29, 0.717) is 18.1 Å². The zero-order valence-corrected chi connectivity index (χ0v) is 14.8. The first-order chi connectivity index (χ1) is 11.4. The molecule has 4 N–H and O–H groups in total. The molecule has 2 aromatic rings. The van der Waals surface area contributed by atoms with Gasteiger partial charge in [-0.2, -0.15) is 0 Å². The van der Waals surface area contributed by atoms with Crippen LogP contribution in [0.4, 0.5) is 5.69 Å². The van der Waals surface area contributed by atoms with Gasteiger partial charge in [-0.15, -0.1) is 0 Å². The van der Waals surface area contributed by atoms with E-state index in [2.05, 4.69) is 10.6 Å². The molecule has 0 saturated carbocycles. The summed E-state index contributed by atoms with van der Waals surface area (Å²) in [6.07, 6.45) is 0.699. The van der Waals surface area contributed by atoms with Crippen LogP contribution in [0.15, 0.2) is 53.4 Å². The van der Waals surface area contributed by atoms with E-state index in [-0.39, 0.29) is 4.90 Å². The molecule has 0 heterocycles. The van der Waals surface area contributed by atoms with E-state index in [1.54, 1.807) is 19.2 Å². The van der Waals surface area contributed by atoms with Crippen molar-refractivity contribution in [1.29, 1.82) is 0 Å². The van der Waals surface area contributed by atoms with Crippen LogP contribution in [-0.2, 0) is 16.4 Å². The number of nitrogens with two attached hydrogens (primary N) is 1. The molecule has 0 saturated heterocycles. The van der Waals surface area contributed by atoms with Gasteiger partial charge in [0, 0.05) is 18.3 Å². The van der Waals surface area contributed by atoms with Crippen LogP contribution >= 0.6 is 12.2 Å². The van der Waals surface area contributed by atoms with Crippen molar-refractivity contribution in [3.63, 3.8) is 0 Å². The summed E-state index contributed by atoms with van der Waals surface area (Å²) in [5.41, 5.74) is 1.82. The van der Waals surface area contributed by atoms with Crippen molar-refractivity contribution in [2.24, 2.45) is 5.14 Å². The fourth-order valence-electron chi connectivity index (χ4n) is 2.04. The summed E-state index contributed by atoms with van der Waals surface area (Å²) in [5, 5.41) is 11.7. The summed E-state index contributed by atoms with van der Waals surface area (Å²) in [7, 11) is -2.04. The zero-order valence-electron chi connectivity index (χ0n) is 13.2. The van der Waals surface area contributed by atoms with Gasteiger partial charge < -0.3 is 15.4 Å². The van der Waals surface area contributed by atoms with Crippen LogP contribution in [0.25, 0.3) is 0 Å². The van der Waals surface area contributed by atoms with Crippen molar-refractivity contribution in [2.45, 2.75) is 11.3 Å². The second kappa shape index (κ2) is 8.09. The summed E-state index contributed by atoms with van der Waals surface area (Å²) in [5.74, 6) is 0.748. The SMILES string of the molecule is COc1cccc(NC(=S)NCCc2ccc(S(N)(=O)=O)cc2)c1. The van der Waals surface area contributed by atoms with Crippen LogP contribution in [0.1, 0.15) is 5.56 Å². The lowest BCUT2D eigenvalue weighted by Crippen LogP contribution is -2.30. The first-order valence-corrected chi connectivity index (χ1v) is 9.14. The molecule has 128 valence electrons. The van der Waals surface area contributed by atoms with E-state index in [1.807, 2.05) is 24.3 Å². The van der Waals surface area contributed by atoms with Crippen LogP contribution in [0.3, 0.4) is 0 Å². The molecule has 6 nitrogen and oxygen atoms in total. The molecule has 0 radical (unpaired) electrons. The van der Waals surface area contributed by atoms with Gasteiger partial charge in [0.1, 0.15) is 5.75 Å². The van der Waals surface area contributed by atoms with Crippen molar-refractivity contribution in [3.05, 3.63) is 54.1 Å². The first-order valence-electron chi connectivity index (χ1n) is 7.19. The number of thiocarbonyl (C=S) groups is 1. The minimum absolute atomic E-state index is 0.106. The molecular weight excluding hydrogens is 346 g/mol. The van der Waals surface area contributed by atoms with Crippen molar-refractivity contribution >= 4 is 33.0 Å². The maximum Gasteiger partial charge on any atom is 0.238 e. The highest BCUT2D eigenvalue weighted by Crippen LogP contribution is 2.16. The Labute approximate surface area is 147 Å². The normalized spacial score (nSPS) is 10.9. The highest BCUT2D eigenvalue weighted by atomic mass is 32.2. The number of benzene rings is 2. The molecular formula is C16H19N3O3S2. The van der Waals surface area contributed by atoms with E-state index >= 15 is 0 Å². The smallest absolute Gasteiger partial charge is 0.238 e. The lowest BCUT2D eigenvalue weighted by Gasteiger charge is -2.11. The molecule has 0 aliphatic heterocycles. The quantitative estimate of drug-likeness (QED) is 0.677. The van der Waals surface area contributed by atoms with Gasteiger partial charge in [0.05, 0.1) is 12.0 Å². The third kappa shape index (κ3) is 5.48. The number of hydrogen-bond donors (Lipinski definition) is 3. The number of nitrogens with one attached hydrogen (secondary N) is 2. The predicted molar refractivity (Wildman–Crippen MR) is 98.7 cm³/mol. The molecule has 0 aliphatic rings. The molecule has 2 aromatic carbocycles. The first kappa shape index (κ1) is 18.2. The molecule has 0 bridgehead atoms. The molecule has 0 spiro atoms. The second-order valence-electron chi connectivity index (χ2n) is 5.05. The number of methoxy groups -OCH3 is 1. The molecule has 2 rings (SSSR count). The maximum atomic E-state index is 11.2. The lowest BCUT2D eigenvalue weighted by molar-refractivity contribution is 0.415.